The van der Waals surface area contributed by atoms with Crippen molar-refractivity contribution in [3.8, 4) is 0 Å². The van der Waals surface area contributed by atoms with Crippen LogP contribution >= 0.6 is 24.0 Å². The van der Waals surface area contributed by atoms with E-state index in [1.54, 1.807) is 0 Å². The first-order valence-electron chi connectivity index (χ1n) is 9.15. The molecule has 25 heavy (non-hydrogen) atoms. The summed E-state index contributed by atoms with van der Waals surface area (Å²) in [6, 6.07) is 9.50. The van der Waals surface area contributed by atoms with Crippen molar-refractivity contribution in [3.05, 3.63) is 35.4 Å². The van der Waals surface area contributed by atoms with Gasteiger partial charge in [-0.05, 0) is 31.0 Å². The Morgan fingerprint density at radius 2 is 1.48 bits per heavy atom. The van der Waals surface area contributed by atoms with E-state index in [4.69, 9.17) is 4.99 Å². The van der Waals surface area contributed by atoms with E-state index in [1.165, 1.54) is 43.2 Å². The summed E-state index contributed by atoms with van der Waals surface area (Å²) >= 11 is 0. The van der Waals surface area contributed by atoms with Crippen molar-refractivity contribution in [2.45, 2.75) is 51.2 Å². The maximum atomic E-state index is 4.82. The molecule has 0 spiro atoms. The molecule has 1 aromatic carbocycles. The summed E-state index contributed by atoms with van der Waals surface area (Å²) in [6.45, 7) is 1.76. The van der Waals surface area contributed by atoms with E-state index in [-0.39, 0.29) is 24.0 Å². The van der Waals surface area contributed by atoms with E-state index >= 15 is 0 Å². The predicted molar refractivity (Wildman–Crippen MR) is 119 cm³/mol. The highest BCUT2D eigenvalue weighted by molar-refractivity contribution is 14.0. The van der Waals surface area contributed by atoms with Crippen LogP contribution in [0.25, 0.3) is 0 Å². The summed E-state index contributed by atoms with van der Waals surface area (Å²) in [4.78, 5) is 11.5. The SMILES string of the molecule is CN(C)C(=NCc1ccccc1CN(C)C1CCCCC1)N(C)C.I. The summed E-state index contributed by atoms with van der Waals surface area (Å²) in [5, 5.41) is 0. The van der Waals surface area contributed by atoms with Crippen LogP contribution in [-0.2, 0) is 13.1 Å². The molecule has 0 N–H and O–H groups in total. The number of rotatable bonds is 5. The van der Waals surface area contributed by atoms with Gasteiger partial charge in [-0.15, -0.1) is 24.0 Å². The van der Waals surface area contributed by atoms with Gasteiger partial charge in [-0.2, -0.15) is 0 Å². The molecule has 0 radical (unpaired) electrons. The van der Waals surface area contributed by atoms with Gasteiger partial charge in [0.05, 0.1) is 6.54 Å². The molecule has 5 heteroatoms. The third-order valence-corrected chi connectivity index (χ3v) is 4.93. The van der Waals surface area contributed by atoms with Crippen LogP contribution in [-0.4, -0.2) is 61.9 Å². The van der Waals surface area contributed by atoms with Gasteiger partial charge in [-0.25, -0.2) is 4.99 Å². The molecule has 0 atom stereocenters. The molecule has 0 aliphatic heterocycles. The monoisotopic (exact) mass is 458 g/mol. The van der Waals surface area contributed by atoms with E-state index < -0.39 is 0 Å². The van der Waals surface area contributed by atoms with Crippen LogP contribution in [0.15, 0.2) is 29.3 Å². The molecular weight excluding hydrogens is 423 g/mol. The third-order valence-electron chi connectivity index (χ3n) is 4.93. The predicted octanol–water partition coefficient (Wildman–Crippen LogP) is 4.05. The van der Waals surface area contributed by atoms with E-state index in [9.17, 15) is 0 Å². The molecule has 2 rings (SSSR count). The third kappa shape index (κ3) is 6.77. The van der Waals surface area contributed by atoms with Crippen molar-refractivity contribution in [2.24, 2.45) is 4.99 Å². The molecule has 1 fully saturated rings. The molecule has 0 amide bonds. The maximum absolute atomic E-state index is 4.82. The summed E-state index contributed by atoms with van der Waals surface area (Å²) < 4.78 is 0. The zero-order valence-electron chi connectivity index (χ0n) is 16.5. The minimum Gasteiger partial charge on any atom is -0.349 e. The Labute approximate surface area is 171 Å². The largest absolute Gasteiger partial charge is 0.349 e. The van der Waals surface area contributed by atoms with Gasteiger partial charge in [-0.3, -0.25) is 4.90 Å². The number of aliphatic imine (C=N–C) groups is 1. The van der Waals surface area contributed by atoms with Crippen LogP contribution in [0.3, 0.4) is 0 Å². The smallest absolute Gasteiger partial charge is 0.195 e. The molecule has 1 saturated carbocycles. The van der Waals surface area contributed by atoms with Crippen molar-refractivity contribution in [2.75, 3.05) is 35.2 Å². The molecule has 0 unspecified atom stereocenters. The Kier molecular flexibility index (Phi) is 9.79. The van der Waals surface area contributed by atoms with Crippen LogP contribution < -0.4 is 0 Å². The quantitative estimate of drug-likeness (QED) is 0.378. The lowest BCUT2D eigenvalue weighted by Gasteiger charge is -2.31. The average molecular weight is 458 g/mol. The molecule has 0 heterocycles. The van der Waals surface area contributed by atoms with Gasteiger partial charge < -0.3 is 9.80 Å². The van der Waals surface area contributed by atoms with E-state index in [0.717, 1.165) is 25.1 Å². The van der Waals surface area contributed by atoms with Gasteiger partial charge in [0, 0.05) is 40.8 Å². The summed E-state index contributed by atoms with van der Waals surface area (Å²) in [5.41, 5.74) is 2.74. The fourth-order valence-corrected chi connectivity index (χ4v) is 3.62. The first-order valence-corrected chi connectivity index (χ1v) is 9.15. The van der Waals surface area contributed by atoms with Crippen molar-refractivity contribution in [1.82, 2.24) is 14.7 Å². The normalized spacial score (nSPS) is 14.8. The van der Waals surface area contributed by atoms with Gasteiger partial charge in [0.15, 0.2) is 5.96 Å². The van der Waals surface area contributed by atoms with Gasteiger partial charge in [0.2, 0.25) is 0 Å². The van der Waals surface area contributed by atoms with Gasteiger partial charge in [0.1, 0.15) is 0 Å². The number of guanidine groups is 1. The Morgan fingerprint density at radius 1 is 0.920 bits per heavy atom. The highest BCUT2D eigenvalue weighted by Crippen LogP contribution is 2.23. The number of nitrogens with zero attached hydrogens (tertiary/aromatic N) is 4. The average Bonchev–Trinajstić information content (AvgIpc) is 2.56. The molecule has 1 aromatic rings. The Hall–Kier alpha value is -0.820. The molecule has 142 valence electrons. The van der Waals surface area contributed by atoms with Crippen LogP contribution in [0, 0.1) is 0 Å². The number of hydrogen-bond acceptors (Lipinski definition) is 2. The summed E-state index contributed by atoms with van der Waals surface area (Å²) in [6.07, 6.45) is 6.88. The number of hydrogen-bond donors (Lipinski definition) is 0. The maximum Gasteiger partial charge on any atom is 0.195 e. The lowest BCUT2D eigenvalue weighted by atomic mass is 9.94. The second kappa shape index (κ2) is 11.0. The molecule has 4 nitrogen and oxygen atoms in total. The summed E-state index contributed by atoms with van der Waals surface area (Å²) in [5.74, 6) is 1.01. The fourth-order valence-electron chi connectivity index (χ4n) is 3.62. The van der Waals surface area contributed by atoms with E-state index in [0.29, 0.717) is 0 Å². The highest BCUT2D eigenvalue weighted by Gasteiger charge is 2.18. The zero-order valence-corrected chi connectivity index (χ0v) is 18.9. The van der Waals surface area contributed by atoms with Gasteiger partial charge in [-0.1, -0.05) is 43.5 Å². The minimum absolute atomic E-state index is 0. The number of halogens is 1. The second-order valence-electron chi connectivity index (χ2n) is 7.38. The van der Waals surface area contributed by atoms with Crippen LogP contribution in [0.1, 0.15) is 43.2 Å². The molecule has 1 aliphatic rings. The highest BCUT2D eigenvalue weighted by atomic mass is 127. The van der Waals surface area contributed by atoms with Crippen LogP contribution in [0.4, 0.5) is 0 Å². The minimum atomic E-state index is 0. The molecule has 0 saturated heterocycles. The Morgan fingerprint density at radius 3 is 2.04 bits per heavy atom. The second-order valence-corrected chi connectivity index (χ2v) is 7.38. The zero-order chi connectivity index (χ0) is 17.5. The standard InChI is InChI=1S/C20H34N4.HI/c1-22(2)20(23(3)4)21-15-17-11-9-10-12-18(17)16-24(5)19-13-7-6-8-14-19;/h9-12,19H,6-8,13-16H2,1-5H3;1H. The van der Waals surface area contributed by atoms with Crippen molar-refractivity contribution < 1.29 is 0 Å². The van der Waals surface area contributed by atoms with Gasteiger partial charge in [0.25, 0.3) is 0 Å². The Balaban J connectivity index is 0.00000312. The molecular formula is C20H35IN4. The molecule has 1 aliphatic carbocycles. The van der Waals surface area contributed by atoms with E-state index in [2.05, 4.69) is 46.0 Å². The van der Waals surface area contributed by atoms with Crippen molar-refractivity contribution >= 4 is 29.9 Å². The lowest BCUT2D eigenvalue weighted by molar-refractivity contribution is 0.184. The van der Waals surface area contributed by atoms with Gasteiger partial charge >= 0.3 is 0 Å². The topological polar surface area (TPSA) is 22.1 Å². The lowest BCUT2D eigenvalue weighted by Crippen LogP contribution is -2.35. The first kappa shape index (κ1) is 22.2. The van der Waals surface area contributed by atoms with Crippen molar-refractivity contribution in [3.63, 3.8) is 0 Å². The summed E-state index contributed by atoms with van der Waals surface area (Å²) in [7, 11) is 10.5. The van der Waals surface area contributed by atoms with Crippen LogP contribution in [0.2, 0.25) is 0 Å². The van der Waals surface area contributed by atoms with Crippen molar-refractivity contribution in [1.29, 1.82) is 0 Å². The molecule has 0 aromatic heterocycles. The number of benzene rings is 1. The van der Waals surface area contributed by atoms with E-state index in [1.807, 2.05) is 28.2 Å². The Bertz CT molecular complexity index is 526. The van der Waals surface area contributed by atoms with Crippen LogP contribution in [0.5, 0.6) is 0 Å². The molecule has 0 bridgehead atoms. The fraction of sp³-hybridized carbons (Fsp3) is 0.650. The first-order chi connectivity index (χ1) is 11.5.